The molecule has 1 aromatic carbocycles. The first-order chi connectivity index (χ1) is 14.6. The number of thiophene rings is 1. The molecule has 3 aromatic rings. The largest absolute Gasteiger partial charge is 0.325 e. The summed E-state index contributed by atoms with van der Waals surface area (Å²) in [5, 5.41) is 14.8. The van der Waals surface area contributed by atoms with Gasteiger partial charge in [-0.15, -0.1) is 21.5 Å². The van der Waals surface area contributed by atoms with Crippen LogP contribution in [-0.4, -0.2) is 25.9 Å². The zero-order chi connectivity index (χ0) is 20.9. The molecule has 1 unspecified atom stereocenters. The maximum absolute atomic E-state index is 12.8. The van der Waals surface area contributed by atoms with Crippen LogP contribution in [0.15, 0.2) is 46.9 Å². The van der Waals surface area contributed by atoms with Crippen LogP contribution in [0.2, 0.25) is 0 Å². The predicted octanol–water partition coefficient (Wildman–Crippen LogP) is 5.86. The summed E-state index contributed by atoms with van der Waals surface area (Å²) >= 11 is 3.26. The zero-order valence-corrected chi connectivity index (χ0v) is 19.1. The van der Waals surface area contributed by atoms with Crippen LogP contribution < -0.4 is 5.32 Å². The number of amides is 1. The van der Waals surface area contributed by atoms with E-state index in [-0.39, 0.29) is 11.2 Å². The molecular weight excluding hydrogens is 412 g/mol. The first-order valence-corrected chi connectivity index (χ1v) is 12.4. The number of carbonyl (C=O) groups is 1. The lowest BCUT2D eigenvalue weighted by Gasteiger charge is -2.26. The first kappa shape index (κ1) is 21.1. The molecule has 1 saturated carbocycles. The Hall–Kier alpha value is -2.12. The van der Waals surface area contributed by atoms with Gasteiger partial charge in [-0.1, -0.05) is 49.2 Å². The van der Waals surface area contributed by atoms with Crippen molar-refractivity contribution in [1.29, 1.82) is 0 Å². The first-order valence-electron chi connectivity index (χ1n) is 10.6. The monoisotopic (exact) mass is 440 g/mol. The van der Waals surface area contributed by atoms with Crippen molar-refractivity contribution in [2.45, 2.75) is 68.8 Å². The van der Waals surface area contributed by atoms with Crippen LogP contribution >= 0.6 is 23.1 Å². The van der Waals surface area contributed by atoms with Gasteiger partial charge in [-0.2, -0.15) is 0 Å². The van der Waals surface area contributed by atoms with Gasteiger partial charge in [0.05, 0.1) is 5.25 Å². The van der Waals surface area contributed by atoms with E-state index in [9.17, 15) is 4.79 Å². The summed E-state index contributed by atoms with van der Waals surface area (Å²) in [7, 11) is 0. The van der Waals surface area contributed by atoms with E-state index in [2.05, 4.69) is 37.6 Å². The maximum Gasteiger partial charge on any atom is 0.237 e. The summed E-state index contributed by atoms with van der Waals surface area (Å²) < 4.78 is 2.32. The maximum atomic E-state index is 12.8. The molecule has 0 radical (unpaired) electrons. The van der Waals surface area contributed by atoms with Gasteiger partial charge in [-0.05, 0) is 55.8 Å². The molecule has 1 N–H and O–H groups in total. The van der Waals surface area contributed by atoms with Crippen LogP contribution in [0.1, 0.15) is 61.3 Å². The second-order valence-corrected chi connectivity index (χ2v) is 10.3. The topological polar surface area (TPSA) is 59.8 Å². The van der Waals surface area contributed by atoms with Crippen LogP contribution in [0.3, 0.4) is 0 Å². The van der Waals surface area contributed by atoms with E-state index >= 15 is 0 Å². The van der Waals surface area contributed by atoms with E-state index in [0.29, 0.717) is 6.04 Å². The highest BCUT2D eigenvalue weighted by molar-refractivity contribution is 8.00. The number of nitrogens with one attached hydrogen (secondary N) is 1. The number of carbonyl (C=O) groups excluding carboxylic acids is 1. The van der Waals surface area contributed by atoms with Crippen LogP contribution in [0.5, 0.6) is 0 Å². The molecule has 1 aliphatic carbocycles. The summed E-state index contributed by atoms with van der Waals surface area (Å²) in [6.45, 7) is 3.96. The molecule has 1 atom stereocenters. The molecule has 4 rings (SSSR count). The van der Waals surface area contributed by atoms with Gasteiger partial charge in [0.25, 0.3) is 0 Å². The van der Waals surface area contributed by atoms with Crippen molar-refractivity contribution in [2.75, 3.05) is 5.32 Å². The average Bonchev–Trinajstić information content (AvgIpc) is 3.39. The molecule has 158 valence electrons. The van der Waals surface area contributed by atoms with E-state index in [1.54, 1.807) is 11.3 Å². The summed E-state index contributed by atoms with van der Waals surface area (Å²) in [4.78, 5) is 14.1. The van der Waals surface area contributed by atoms with Gasteiger partial charge in [0.2, 0.25) is 5.91 Å². The summed E-state index contributed by atoms with van der Waals surface area (Å²) in [6.07, 6.45) is 6.91. The van der Waals surface area contributed by atoms with E-state index in [0.717, 1.165) is 41.5 Å². The molecule has 1 fully saturated rings. The minimum atomic E-state index is -0.258. The number of nitrogens with zero attached hydrogens (tertiary/aromatic N) is 3. The molecule has 0 bridgehead atoms. The minimum absolute atomic E-state index is 0.0106. The van der Waals surface area contributed by atoms with Gasteiger partial charge in [0, 0.05) is 23.0 Å². The highest BCUT2D eigenvalue weighted by atomic mass is 32.2. The van der Waals surface area contributed by atoms with Gasteiger partial charge in [0.15, 0.2) is 5.16 Å². The lowest BCUT2D eigenvalue weighted by Crippen LogP contribution is -2.24. The number of thioether (sulfide) groups is 1. The highest BCUT2D eigenvalue weighted by Crippen LogP contribution is 2.34. The number of aryl methyl sites for hydroxylation is 1. The molecule has 2 heterocycles. The number of hydrogen-bond donors (Lipinski definition) is 1. The summed E-state index contributed by atoms with van der Waals surface area (Å²) in [6, 6.07) is 12.5. The van der Waals surface area contributed by atoms with Crippen molar-refractivity contribution in [1.82, 2.24) is 14.8 Å². The van der Waals surface area contributed by atoms with Crippen LogP contribution in [0, 0.1) is 6.92 Å². The second-order valence-electron chi connectivity index (χ2n) is 7.94. The average molecular weight is 441 g/mol. The van der Waals surface area contributed by atoms with E-state index < -0.39 is 0 Å². The molecule has 0 saturated heterocycles. The summed E-state index contributed by atoms with van der Waals surface area (Å²) in [5.41, 5.74) is 1.96. The number of aromatic nitrogens is 3. The quantitative estimate of drug-likeness (QED) is 0.467. The standard InChI is InChI=1S/C23H28N4OS2/c1-16-8-6-9-18(14-16)24-22(28)17(2)30-23-26-25-21(15-20-12-7-13-29-20)27(23)19-10-4-3-5-11-19/h6-9,12-14,17,19H,3-5,10-11,15H2,1-2H3,(H,24,28). The van der Waals surface area contributed by atoms with E-state index in [1.165, 1.54) is 35.9 Å². The molecule has 30 heavy (non-hydrogen) atoms. The lowest BCUT2D eigenvalue weighted by atomic mass is 9.95. The Morgan fingerprint density at radius 2 is 2.07 bits per heavy atom. The van der Waals surface area contributed by atoms with Crippen molar-refractivity contribution in [2.24, 2.45) is 0 Å². The third-order valence-electron chi connectivity index (χ3n) is 5.52. The number of hydrogen-bond acceptors (Lipinski definition) is 5. The molecular formula is C23H28N4OS2. The molecule has 2 aromatic heterocycles. The van der Waals surface area contributed by atoms with Crippen molar-refractivity contribution >= 4 is 34.7 Å². The molecule has 0 aliphatic heterocycles. The third-order valence-corrected chi connectivity index (χ3v) is 7.46. The fourth-order valence-corrected chi connectivity index (χ4v) is 5.60. The van der Waals surface area contributed by atoms with Gasteiger partial charge in [-0.25, -0.2) is 0 Å². The van der Waals surface area contributed by atoms with Crippen molar-refractivity contribution < 1.29 is 4.79 Å². The molecule has 1 amide bonds. The zero-order valence-electron chi connectivity index (χ0n) is 17.5. The number of anilines is 1. The number of benzene rings is 1. The summed E-state index contributed by atoms with van der Waals surface area (Å²) in [5.74, 6) is 1.00. The van der Waals surface area contributed by atoms with E-state index in [4.69, 9.17) is 0 Å². The normalized spacial score (nSPS) is 15.8. The van der Waals surface area contributed by atoms with Crippen molar-refractivity contribution in [3.05, 3.63) is 58.0 Å². The Morgan fingerprint density at radius 3 is 2.80 bits per heavy atom. The highest BCUT2D eigenvalue weighted by Gasteiger charge is 2.26. The van der Waals surface area contributed by atoms with E-state index in [1.807, 2.05) is 38.1 Å². The van der Waals surface area contributed by atoms with Crippen LogP contribution in [0.25, 0.3) is 0 Å². The Bertz CT molecular complexity index is 977. The Balaban J connectivity index is 1.52. The third kappa shape index (κ3) is 5.13. The fourth-order valence-electron chi connectivity index (χ4n) is 3.96. The second kappa shape index (κ2) is 9.79. The van der Waals surface area contributed by atoms with Gasteiger partial charge in [0.1, 0.15) is 5.82 Å². The molecule has 7 heteroatoms. The van der Waals surface area contributed by atoms with Crippen LogP contribution in [-0.2, 0) is 11.2 Å². The van der Waals surface area contributed by atoms with Gasteiger partial charge >= 0.3 is 0 Å². The van der Waals surface area contributed by atoms with Crippen molar-refractivity contribution in [3.63, 3.8) is 0 Å². The Labute approximate surface area is 186 Å². The fraction of sp³-hybridized carbons (Fsp3) is 0.435. The van der Waals surface area contributed by atoms with Gasteiger partial charge in [-0.3, -0.25) is 4.79 Å². The Morgan fingerprint density at radius 1 is 1.23 bits per heavy atom. The van der Waals surface area contributed by atoms with Gasteiger partial charge < -0.3 is 9.88 Å². The predicted molar refractivity (Wildman–Crippen MR) is 124 cm³/mol. The molecule has 1 aliphatic rings. The molecule has 0 spiro atoms. The minimum Gasteiger partial charge on any atom is -0.325 e. The Kier molecular flexibility index (Phi) is 6.89. The van der Waals surface area contributed by atoms with Crippen LogP contribution in [0.4, 0.5) is 5.69 Å². The number of rotatable bonds is 7. The lowest BCUT2D eigenvalue weighted by molar-refractivity contribution is -0.115. The smallest absolute Gasteiger partial charge is 0.237 e. The van der Waals surface area contributed by atoms with Crippen molar-refractivity contribution in [3.8, 4) is 0 Å². The SMILES string of the molecule is Cc1cccc(NC(=O)C(C)Sc2nnc(Cc3cccs3)n2C2CCCCC2)c1. The molecule has 5 nitrogen and oxygen atoms in total.